The number of hydrogen-bond acceptors (Lipinski definition) is 5. The van der Waals surface area contributed by atoms with E-state index in [0.717, 1.165) is 17.1 Å². The lowest BCUT2D eigenvalue weighted by Gasteiger charge is -2.14. The summed E-state index contributed by atoms with van der Waals surface area (Å²) in [5.74, 6) is 0.771. The van der Waals surface area contributed by atoms with Crippen LogP contribution in [-0.4, -0.2) is 25.9 Å². The Labute approximate surface area is 194 Å². The number of carbonyl (C=O) groups excluding carboxylic acids is 1. The van der Waals surface area contributed by atoms with Gasteiger partial charge >= 0.3 is 0 Å². The van der Waals surface area contributed by atoms with Crippen LogP contribution in [0.4, 0.5) is 0 Å². The molecule has 0 spiro atoms. The number of nitrogens with zero attached hydrogens (tertiary/aromatic N) is 3. The summed E-state index contributed by atoms with van der Waals surface area (Å²) < 4.78 is 2.03. The molecule has 1 N–H and O–H groups in total. The predicted octanol–water partition coefficient (Wildman–Crippen LogP) is 5.37. The molecule has 2 aromatic heterocycles. The van der Waals surface area contributed by atoms with Crippen molar-refractivity contribution in [2.45, 2.75) is 30.3 Å². The van der Waals surface area contributed by atoms with Gasteiger partial charge in [-0.3, -0.25) is 9.36 Å². The highest BCUT2D eigenvalue weighted by molar-refractivity contribution is 8.00. The fourth-order valence-electron chi connectivity index (χ4n) is 3.08. The molecule has 4 aromatic rings. The predicted molar refractivity (Wildman–Crippen MR) is 127 cm³/mol. The van der Waals surface area contributed by atoms with E-state index in [1.807, 2.05) is 72.2 Å². The van der Waals surface area contributed by atoms with Crippen LogP contribution in [0.1, 0.15) is 23.2 Å². The Morgan fingerprint density at radius 2 is 1.87 bits per heavy atom. The van der Waals surface area contributed by atoms with E-state index in [2.05, 4.69) is 27.0 Å². The maximum Gasteiger partial charge on any atom is 0.233 e. The topological polar surface area (TPSA) is 59.8 Å². The molecule has 1 unspecified atom stereocenters. The van der Waals surface area contributed by atoms with Crippen LogP contribution >= 0.6 is 34.7 Å². The molecule has 0 aliphatic rings. The first kappa shape index (κ1) is 21.6. The molecular formula is C23H21ClN4OS2. The summed E-state index contributed by atoms with van der Waals surface area (Å²) in [4.78, 5) is 13.9. The third-order valence-electron chi connectivity index (χ3n) is 4.69. The fourth-order valence-corrected chi connectivity index (χ4v) is 4.89. The zero-order chi connectivity index (χ0) is 21.6. The van der Waals surface area contributed by atoms with E-state index in [1.54, 1.807) is 11.3 Å². The molecule has 8 heteroatoms. The Hall–Kier alpha value is -2.61. The van der Waals surface area contributed by atoms with E-state index in [9.17, 15) is 4.79 Å². The molecule has 0 radical (unpaired) electrons. The van der Waals surface area contributed by atoms with Crippen molar-refractivity contribution < 1.29 is 4.79 Å². The van der Waals surface area contributed by atoms with Crippen molar-refractivity contribution in [3.8, 4) is 5.69 Å². The number of halogens is 1. The smallest absolute Gasteiger partial charge is 0.233 e. The van der Waals surface area contributed by atoms with Crippen LogP contribution in [0, 0.1) is 0 Å². The number of nitrogens with one attached hydrogen (secondary N) is 1. The summed E-state index contributed by atoms with van der Waals surface area (Å²) in [5, 5.41) is 14.9. The summed E-state index contributed by atoms with van der Waals surface area (Å²) in [6, 6.07) is 21.6. The number of aromatic nitrogens is 3. The molecule has 0 aliphatic carbocycles. The summed E-state index contributed by atoms with van der Waals surface area (Å²) in [6.45, 7) is 2.26. The highest BCUT2D eigenvalue weighted by Crippen LogP contribution is 2.27. The number of thioether (sulfide) groups is 1. The summed E-state index contributed by atoms with van der Waals surface area (Å²) in [5.41, 5.74) is 1.87. The summed E-state index contributed by atoms with van der Waals surface area (Å²) >= 11 is 9.28. The van der Waals surface area contributed by atoms with Crippen molar-refractivity contribution >= 4 is 40.6 Å². The second-order valence-corrected chi connectivity index (χ2v) is 9.64. The van der Waals surface area contributed by atoms with Crippen LogP contribution in [0.3, 0.4) is 0 Å². The average Bonchev–Trinajstić information content (AvgIpc) is 3.44. The minimum Gasteiger partial charge on any atom is -0.351 e. The fraction of sp³-hybridized carbons (Fsp3) is 0.174. The van der Waals surface area contributed by atoms with Gasteiger partial charge in [0.2, 0.25) is 5.91 Å². The minimum absolute atomic E-state index is 0.0765. The van der Waals surface area contributed by atoms with Gasteiger partial charge in [0.05, 0.1) is 5.25 Å². The van der Waals surface area contributed by atoms with Crippen LogP contribution < -0.4 is 5.32 Å². The Morgan fingerprint density at radius 3 is 2.61 bits per heavy atom. The molecule has 4 rings (SSSR count). The lowest BCUT2D eigenvalue weighted by molar-refractivity contribution is -0.120. The number of thiophene rings is 1. The van der Waals surface area contributed by atoms with Crippen molar-refractivity contribution in [3.63, 3.8) is 0 Å². The molecule has 158 valence electrons. The van der Waals surface area contributed by atoms with Gasteiger partial charge in [-0.25, -0.2) is 0 Å². The first-order valence-corrected chi connectivity index (χ1v) is 12.0. The third-order valence-corrected chi connectivity index (χ3v) is 6.98. The lowest BCUT2D eigenvalue weighted by Crippen LogP contribution is -2.30. The number of rotatable bonds is 8. The van der Waals surface area contributed by atoms with Crippen LogP contribution in [0.25, 0.3) is 5.69 Å². The van der Waals surface area contributed by atoms with E-state index in [-0.39, 0.29) is 11.2 Å². The van der Waals surface area contributed by atoms with Gasteiger partial charge in [0, 0.05) is 28.6 Å². The van der Waals surface area contributed by atoms with Crippen molar-refractivity contribution in [2.24, 2.45) is 0 Å². The highest BCUT2D eigenvalue weighted by Gasteiger charge is 2.21. The van der Waals surface area contributed by atoms with Gasteiger partial charge in [0.15, 0.2) is 5.16 Å². The molecule has 31 heavy (non-hydrogen) atoms. The van der Waals surface area contributed by atoms with Crippen molar-refractivity contribution in [3.05, 3.63) is 93.4 Å². The van der Waals surface area contributed by atoms with Crippen LogP contribution in [0.5, 0.6) is 0 Å². The molecule has 1 amide bonds. The van der Waals surface area contributed by atoms with E-state index < -0.39 is 0 Å². The molecule has 0 aliphatic heterocycles. The number of amides is 1. The summed E-state index contributed by atoms with van der Waals surface area (Å²) in [7, 11) is 0. The monoisotopic (exact) mass is 468 g/mol. The quantitative estimate of drug-likeness (QED) is 0.353. The zero-order valence-corrected chi connectivity index (χ0v) is 19.3. The molecule has 0 saturated carbocycles. The Kier molecular flexibility index (Phi) is 7.06. The first-order chi connectivity index (χ1) is 15.1. The van der Waals surface area contributed by atoms with Crippen molar-refractivity contribution in [1.29, 1.82) is 0 Å². The number of hydrogen-bond donors (Lipinski definition) is 1. The van der Waals surface area contributed by atoms with Gasteiger partial charge in [0.25, 0.3) is 0 Å². The van der Waals surface area contributed by atoms with Crippen molar-refractivity contribution in [1.82, 2.24) is 20.1 Å². The van der Waals surface area contributed by atoms with Gasteiger partial charge in [-0.15, -0.1) is 21.5 Å². The molecular weight excluding hydrogens is 448 g/mol. The van der Waals surface area contributed by atoms with Crippen LogP contribution in [0.15, 0.2) is 77.3 Å². The minimum atomic E-state index is -0.344. The zero-order valence-electron chi connectivity index (χ0n) is 16.9. The lowest BCUT2D eigenvalue weighted by atomic mass is 10.2. The number of benzene rings is 2. The molecule has 0 fully saturated rings. The number of carbonyl (C=O) groups is 1. The van der Waals surface area contributed by atoms with Gasteiger partial charge < -0.3 is 5.32 Å². The van der Waals surface area contributed by atoms with Gasteiger partial charge in [-0.1, -0.05) is 65.8 Å². The molecule has 2 aromatic carbocycles. The maximum absolute atomic E-state index is 12.7. The molecule has 0 bridgehead atoms. The van der Waals surface area contributed by atoms with Gasteiger partial charge in [-0.05, 0) is 42.1 Å². The van der Waals surface area contributed by atoms with Crippen LogP contribution in [0.2, 0.25) is 5.02 Å². The molecule has 2 heterocycles. The normalized spacial score (nSPS) is 11.9. The van der Waals surface area contributed by atoms with E-state index in [0.29, 0.717) is 23.1 Å². The average molecular weight is 469 g/mol. The van der Waals surface area contributed by atoms with Crippen molar-refractivity contribution in [2.75, 3.05) is 0 Å². The van der Waals surface area contributed by atoms with E-state index in [1.165, 1.54) is 16.6 Å². The van der Waals surface area contributed by atoms with Gasteiger partial charge in [0.1, 0.15) is 5.82 Å². The Balaban J connectivity index is 1.51. The Morgan fingerprint density at radius 1 is 1.10 bits per heavy atom. The summed E-state index contributed by atoms with van der Waals surface area (Å²) in [6.07, 6.45) is 0.688. The molecule has 0 saturated heterocycles. The Bertz CT molecular complexity index is 1150. The molecule has 1 atom stereocenters. The highest BCUT2D eigenvalue weighted by atomic mass is 35.5. The molecule has 5 nitrogen and oxygen atoms in total. The maximum atomic E-state index is 12.7. The number of para-hydroxylation sites is 1. The van der Waals surface area contributed by atoms with Gasteiger partial charge in [-0.2, -0.15) is 0 Å². The second-order valence-electron chi connectivity index (χ2n) is 6.90. The van der Waals surface area contributed by atoms with Crippen LogP contribution in [-0.2, 0) is 17.8 Å². The first-order valence-electron chi connectivity index (χ1n) is 9.81. The largest absolute Gasteiger partial charge is 0.351 e. The second kappa shape index (κ2) is 10.1. The standard InChI is InChI=1S/C23H21ClN4OS2/c1-16(22(29)25-15-17-8-5-6-12-20(17)24)31-23-27-26-21(14-19-11-7-13-30-19)28(23)18-9-3-2-4-10-18/h2-13,16H,14-15H2,1H3,(H,25,29). The van der Waals surface area contributed by atoms with E-state index in [4.69, 9.17) is 11.6 Å². The SMILES string of the molecule is CC(Sc1nnc(Cc2cccs2)n1-c1ccccc1)C(=O)NCc1ccccc1Cl. The van der Waals surface area contributed by atoms with E-state index >= 15 is 0 Å². The third kappa shape index (κ3) is 5.36.